The molecule has 0 fully saturated rings. The Balaban J connectivity index is 1.86. The number of rotatable bonds is 7. The molecular formula is C18H19BrN2O5S2. The largest absolute Gasteiger partial charge is 0.452 e. The lowest BCUT2D eigenvalue weighted by Gasteiger charge is -2.14. The summed E-state index contributed by atoms with van der Waals surface area (Å²) in [5, 5.41) is 7.57. The quantitative estimate of drug-likeness (QED) is 0.458. The maximum absolute atomic E-state index is 12.2. The number of carbonyl (C=O) groups is 2. The Labute approximate surface area is 176 Å². The molecule has 0 radical (unpaired) electrons. The summed E-state index contributed by atoms with van der Waals surface area (Å²) in [5.41, 5.74) is 1.39. The summed E-state index contributed by atoms with van der Waals surface area (Å²) in [4.78, 5) is 25.0. The lowest BCUT2D eigenvalue weighted by molar-refractivity contribution is -0.150. The fourth-order valence-electron chi connectivity index (χ4n) is 2.17. The lowest BCUT2D eigenvalue weighted by atomic mass is 10.2. The predicted molar refractivity (Wildman–Crippen MR) is 112 cm³/mol. The Hall–Kier alpha value is -1.88. The van der Waals surface area contributed by atoms with Crippen LogP contribution in [-0.2, 0) is 24.3 Å². The van der Waals surface area contributed by atoms with E-state index < -0.39 is 28.0 Å². The van der Waals surface area contributed by atoms with Crippen molar-refractivity contribution in [3.8, 4) is 0 Å². The number of benzene rings is 2. The van der Waals surface area contributed by atoms with E-state index in [1.165, 1.54) is 43.0 Å². The molecule has 1 amide bonds. The van der Waals surface area contributed by atoms with Gasteiger partial charge in [-0.3, -0.25) is 9.59 Å². The minimum Gasteiger partial charge on any atom is -0.452 e. The highest BCUT2D eigenvalue weighted by Crippen LogP contribution is 2.25. The molecule has 3 N–H and O–H groups in total. The molecule has 150 valence electrons. The zero-order valence-electron chi connectivity index (χ0n) is 15.1. The number of amides is 1. The molecular weight excluding hydrogens is 468 g/mol. The van der Waals surface area contributed by atoms with Gasteiger partial charge in [-0.05, 0) is 61.9 Å². The fourth-order valence-corrected chi connectivity index (χ4v) is 3.95. The van der Waals surface area contributed by atoms with Gasteiger partial charge in [0.15, 0.2) is 6.10 Å². The van der Waals surface area contributed by atoms with Crippen LogP contribution in [0, 0.1) is 6.92 Å². The van der Waals surface area contributed by atoms with E-state index in [0.29, 0.717) is 5.69 Å². The van der Waals surface area contributed by atoms with Gasteiger partial charge < -0.3 is 10.1 Å². The molecule has 2 aromatic carbocycles. The van der Waals surface area contributed by atoms with Crippen molar-refractivity contribution in [1.82, 2.24) is 0 Å². The molecule has 28 heavy (non-hydrogen) atoms. The number of sulfonamides is 1. The zero-order valence-corrected chi connectivity index (χ0v) is 18.4. The third-order valence-corrected chi connectivity index (χ3v) is 6.18. The number of thioether (sulfide) groups is 1. The van der Waals surface area contributed by atoms with Crippen molar-refractivity contribution in [1.29, 1.82) is 0 Å². The smallest absolute Gasteiger partial charge is 0.317 e. The monoisotopic (exact) mass is 486 g/mol. The number of hydrogen-bond donors (Lipinski definition) is 2. The molecule has 10 heteroatoms. The fraction of sp³-hybridized carbons (Fsp3) is 0.222. The number of nitrogens with two attached hydrogens (primary N) is 1. The standard InChI is InChI=1S/C18H19BrN2O5S2/c1-11-9-13(19)3-8-16(11)27-10-17(22)26-12(2)18(23)21-14-4-6-15(7-5-14)28(20,24)25/h3-9,12H,10H2,1-2H3,(H,21,23)(H2,20,24,25). The van der Waals surface area contributed by atoms with Gasteiger partial charge in [-0.15, -0.1) is 11.8 Å². The summed E-state index contributed by atoms with van der Waals surface area (Å²) in [6.07, 6.45) is -1.00. The molecule has 2 aromatic rings. The second-order valence-corrected chi connectivity index (χ2v) is 9.38. The second kappa shape index (κ2) is 9.55. The molecule has 0 saturated carbocycles. The molecule has 1 atom stereocenters. The Morgan fingerprint density at radius 3 is 2.43 bits per heavy atom. The van der Waals surface area contributed by atoms with Crippen LogP contribution in [0.2, 0.25) is 0 Å². The van der Waals surface area contributed by atoms with Crippen molar-refractivity contribution in [2.75, 3.05) is 11.1 Å². The Morgan fingerprint density at radius 2 is 1.86 bits per heavy atom. The van der Waals surface area contributed by atoms with Crippen molar-refractivity contribution in [3.63, 3.8) is 0 Å². The lowest BCUT2D eigenvalue weighted by Crippen LogP contribution is -2.30. The molecule has 0 bridgehead atoms. The first-order valence-electron chi connectivity index (χ1n) is 8.08. The summed E-state index contributed by atoms with van der Waals surface area (Å²) in [6.45, 7) is 3.40. The Kier molecular flexibility index (Phi) is 7.64. The summed E-state index contributed by atoms with van der Waals surface area (Å²) >= 11 is 4.71. The van der Waals surface area contributed by atoms with Crippen LogP contribution in [0.5, 0.6) is 0 Å². The number of halogens is 1. The molecule has 0 aliphatic heterocycles. The van der Waals surface area contributed by atoms with E-state index in [0.717, 1.165) is 14.9 Å². The van der Waals surface area contributed by atoms with Crippen LogP contribution < -0.4 is 10.5 Å². The maximum Gasteiger partial charge on any atom is 0.317 e. The van der Waals surface area contributed by atoms with Crippen molar-refractivity contribution in [2.45, 2.75) is 29.7 Å². The number of aryl methyl sites for hydroxylation is 1. The van der Waals surface area contributed by atoms with E-state index in [4.69, 9.17) is 9.88 Å². The molecule has 0 saturated heterocycles. The number of ether oxygens (including phenoxy) is 1. The minimum absolute atomic E-state index is 0.0646. The van der Waals surface area contributed by atoms with E-state index in [2.05, 4.69) is 21.2 Å². The van der Waals surface area contributed by atoms with Crippen LogP contribution in [0.25, 0.3) is 0 Å². The molecule has 2 rings (SSSR count). The van der Waals surface area contributed by atoms with Crippen molar-refractivity contribution >= 4 is 55.3 Å². The molecule has 0 aromatic heterocycles. The molecule has 0 aliphatic carbocycles. The normalized spacial score (nSPS) is 12.3. The molecule has 1 unspecified atom stereocenters. The summed E-state index contributed by atoms with van der Waals surface area (Å²) in [5.74, 6) is -0.968. The first-order valence-corrected chi connectivity index (χ1v) is 11.4. The van der Waals surface area contributed by atoms with Gasteiger partial charge >= 0.3 is 5.97 Å². The molecule has 0 spiro atoms. The Bertz CT molecular complexity index is 978. The minimum atomic E-state index is -3.80. The average molecular weight is 487 g/mol. The van der Waals surface area contributed by atoms with Crippen LogP contribution in [0.15, 0.2) is 56.7 Å². The summed E-state index contributed by atoms with van der Waals surface area (Å²) in [6, 6.07) is 11.1. The van der Waals surface area contributed by atoms with Gasteiger partial charge in [0.1, 0.15) is 0 Å². The van der Waals surface area contributed by atoms with E-state index in [1.54, 1.807) is 0 Å². The number of carbonyl (C=O) groups excluding carboxylic acids is 2. The van der Waals surface area contributed by atoms with Gasteiger partial charge in [0.2, 0.25) is 10.0 Å². The van der Waals surface area contributed by atoms with Crippen LogP contribution in [0.1, 0.15) is 12.5 Å². The third kappa shape index (κ3) is 6.62. The van der Waals surface area contributed by atoms with Crippen LogP contribution in [0.4, 0.5) is 5.69 Å². The number of anilines is 1. The van der Waals surface area contributed by atoms with Gasteiger partial charge in [-0.1, -0.05) is 15.9 Å². The SMILES string of the molecule is Cc1cc(Br)ccc1SCC(=O)OC(C)C(=O)Nc1ccc(S(N)(=O)=O)cc1. The van der Waals surface area contributed by atoms with Crippen LogP contribution >= 0.6 is 27.7 Å². The first-order chi connectivity index (χ1) is 13.1. The second-order valence-electron chi connectivity index (χ2n) is 5.89. The first kappa shape index (κ1) is 22.4. The molecule has 7 nitrogen and oxygen atoms in total. The van der Waals surface area contributed by atoms with Crippen LogP contribution in [-0.4, -0.2) is 32.2 Å². The number of nitrogens with one attached hydrogen (secondary N) is 1. The number of primary sulfonamides is 1. The van der Waals surface area contributed by atoms with E-state index >= 15 is 0 Å². The van der Waals surface area contributed by atoms with Crippen molar-refractivity contribution < 1.29 is 22.7 Å². The highest BCUT2D eigenvalue weighted by molar-refractivity contribution is 9.10. The van der Waals surface area contributed by atoms with Crippen molar-refractivity contribution in [2.24, 2.45) is 5.14 Å². The summed E-state index contributed by atoms with van der Waals surface area (Å²) < 4.78 is 28.6. The zero-order chi connectivity index (χ0) is 20.9. The van der Waals surface area contributed by atoms with Gasteiger partial charge in [0.05, 0.1) is 10.6 Å². The van der Waals surface area contributed by atoms with Gasteiger partial charge in [-0.25, -0.2) is 13.6 Å². The number of hydrogen-bond acceptors (Lipinski definition) is 6. The van der Waals surface area contributed by atoms with E-state index in [1.807, 2.05) is 25.1 Å². The number of esters is 1. The van der Waals surface area contributed by atoms with Gasteiger partial charge in [0, 0.05) is 15.1 Å². The molecule has 0 aliphatic rings. The molecule has 0 heterocycles. The topological polar surface area (TPSA) is 116 Å². The predicted octanol–water partition coefficient (Wildman–Crippen LogP) is 3.07. The average Bonchev–Trinajstić information content (AvgIpc) is 2.60. The van der Waals surface area contributed by atoms with Crippen LogP contribution in [0.3, 0.4) is 0 Å². The van der Waals surface area contributed by atoms with E-state index in [-0.39, 0.29) is 10.6 Å². The Morgan fingerprint density at radius 1 is 1.21 bits per heavy atom. The van der Waals surface area contributed by atoms with E-state index in [9.17, 15) is 18.0 Å². The van der Waals surface area contributed by atoms with Gasteiger partial charge in [0.25, 0.3) is 5.91 Å². The summed E-state index contributed by atoms with van der Waals surface area (Å²) in [7, 11) is -3.80. The third-order valence-electron chi connectivity index (χ3n) is 3.61. The van der Waals surface area contributed by atoms with Crippen molar-refractivity contribution in [3.05, 3.63) is 52.5 Å². The highest BCUT2D eigenvalue weighted by atomic mass is 79.9. The highest BCUT2D eigenvalue weighted by Gasteiger charge is 2.18. The maximum atomic E-state index is 12.2. The van der Waals surface area contributed by atoms with Gasteiger partial charge in [-0.2, -0.15) is 0 Å².